The molecule has 0 saturated heterocycles. The molecule has 116 valence electrons. The van der Waals surface area contributed by atoms with Crippen molar-refractivity contribution >= 4 is 12.4 Å². The van der Waals surface area contributed by atoms with Gasteiger partial charge in [0.25, 0.3) is 6.43 Å². The molecule has 1 atom stereocenters. The molecule has 2 N–H and O–H groups in total. The van der Waals surface area contributed by atoms with Gasteiger partial charge in [0.05, 0.1) is 17.2 Å². The number of hydrogen-bond acceptors (Lipinski definition) is 1. The summed E-state index contributed by atoms with van der Waals surface area (Å²) in [6, 6.07) is -2.18. The maximum absolute atomic E-state index is 12.5. The van der Waals surface area contributed by atoms with E-state index in [0.29, 0.717) is 0 Å². The molecule has 0 heterocycles. The van der Waals surface area contributed by atoms with Gasteiger partial charge in [0, 0.05) is 0 Å². The molecule has 1 aromatic rings. The van der Waals surface area contributed by atoms with Crippen molar-refractivity contribution in [3.63, 3.8) is 0 Å². The molecule has 0 bridgehead atoms. The van der Waals surface area contributed by atoms with Gasteiger partial charge in [-0.3, -0.25) is 0 Å². The van der Waals surface area contributed by atoms with Gasteiger partial charge >= 0.3 is 12.4 Å². The van der Waals surface area contributed by atoms with Crippen molar-refractivity contribution in [2.75, 3.05) is 0 Å². The van der Waals surface area contributed by atoms with Crippen LogP contribution < -0.4 is 5.73 Å². The van der Waals surface area contributed by atoms with Crippen molar-refractivity contribution in [1.82, 2.24) is 0 Å². The fraction of sp³-hybridized carbons (Fsp3) is 0.400. The third kappa shape index (κ3) is 4.20. The third-order valence-corrected chi connectivity index (χ3v) is 2.31. The van der Waals surface area contributed by atoms with Crippen LogP contribution in [0.25, 0.3) is 0 Å². The summed E-state index contributed by atoms with van der Waals surface area (Å²) in [5.41, 5.74) is 0.480. The van der Waals surface area contributed by atoms with Crippen LogP contribution in [0, 0.1) is 0 Å². The van der Waals surface area contributed by atoms with Gasteiger partial charge in [-0.1, -0.05) is 0 Å². The Morgan fingerprint density at radius 1 is 0.900 bits per heavy atom. The Bertz CT molecular complexity index is 454. The number of benzene rings is 1. The first-order valence-electron chi connectivity index (χ1n) is 4.76. The Balaban J connectivity index is 0.00000361. The van der Waals surface area contributed by atoms with Crippen LogP contribution in [0.1, 0.15) is 22.7 Å². The molecule has 1 nitrogen and oxygen atoms in total. The van der Waals surface area contributed by atoms with E-state index in [0.717, 1.165) is 0 Å². The van der Waals surface area contributed by atoms with Crippen LogP contribution in [0.3, 0.4) is 0 Å². The predicted octanol–water partition coefficient (Wildman–Crippen LogP) is 4.41. The molecule has 0 aliphatic carbocycles. The fourth-order valence-corrected chi connectivity index (χ4v) is 1.41. The zero-order valence-electron chi connectivity index (χ0n) is 9.40. The monoisotopic (exact) mass is 329 g/mol. The molecule has 0 amide bonds. The zero-order valence-corrected chi connectivity index (χ0v) is 10.2. The highest BCUT2D eigenvalue weighted by atomic mass is 35.5. The van der Waals surface area contributed by atoms with E-state index in [1.807, 2.05) is 0 Å². The fourth-order valence-electron chi connectivity index (χ4n) is 1.41. The van der Waals surface area contributed by atoms with Crippen molar-refractivity contribution in [2.45, 2.75) is 24.8 Å². The Morgan fingerprint density at radius 3 is 1.75 bits per heavy atom. The van der Waals surface area contributed by atoms with Gasteiger partial charge in [-0.2, -0.15) is 26.3 Å². The van der Waals surface area contributed by atoms with Crippen LogP contribution in [0.2, 0.25) is 0 Å². The smallest absolute Gasteiger partial charge is 0.319 e. The number of rotatable bonds is 2. The summed E-state index contributed by atoms with van der Waals surface area (Å²) in [7, 11) is 0. The van der Waals surface area contributed by atoms with Crippen LogP contribution in [-0.4, -0.2) is 6.43 Å². The molecule has 0 aliphatic rings. The van der Waals surface area contributed by atoms with Crippen LogP contribution in [0.5, 0.6) is 0 Å². The quantitative estimate of drug-likeness (QED) is 0.799. The molecular formula is C10H8ClF8N. The molecule has 20 heavy (non-hydrogen) atoms. The summed E-state index contributed by atoms with van der Waals surface area (Å²) in [5, 5.41) is 0. The van der Waals surface area contributed by atoms with Gasteiger partial charge in [-0.05, 0) is 23.8 Å². The average molecular weight is 330 g/mol. The third-order valence-electron chi connectivity index (χ3n) is 2.31. The van der Waals surface area contributed by atoms with E-state index in [1.165, 1.54) is 0 Å². The molecule has 0 fully saturated rings. The first kappa shape index (κ1) is 18.9. The average Bonchev–Trinajstić information content (AvgIpc) is 2.24. The molecule has 0 spiro atoms. The van der Waals surface area contributed by atoms with Crippen molar-refractivity contribution in [2.24, 2.45) is 5.73 Å². The molecular weight excluding hydrogens is 322 g/mol. The van der Waals surface area contributed by atoms with Crippen molar-refractivity contribution in [1.29, 1.82) is 0 Å². The number of hydrogen-bond donors (Lipinski definition) is 1. The minimum atomic E-state index is -5.06. The number of alkyl halides is 8. The molecule has 1 aromatic carbocycles. The van der Waals surface area contributed by atoms with Crippen LogP contribution >= 0.6 is 12.4 Å². The summed E-state index contributed by atoms with van der Waals surface area (Å²) in [4.78, 5) is 0. The topological polar surface area (TPSA) is 26.0 Å². The predicted molar refractivity (Wildman–Crippen MR) is 56.6 cm³/mol. The van der Waals surface area contributed by atoms with Gasteiger partial charge in [-0.25, -0.2) is 8.78 Å². The highest BCUT2D eigenvalue weighted by Crippen LogP contribution is 2.39. The normalized spacial score (nSPS) is 14.1. The number of nitrogens with two attached hydrogens (primary N) is 1. The Morgan fingerprint density at radius 2 is 1.40 bits per heavy atom. The second-order valence-corrected chi connectivity index (χ2v) is 3.66. The lowest BCUT2D eigenvalue weighted by atomic mass is 9.97. The Kier molecular flexibility index (Phi) is 5.79. The van der Waals surface area contributed by atoms with E-state index >= 15 is 0 Å². The lowest BCUT2D eigenvalue weighted by molar-refractivity contribution is -0.142. The minimum absolute atomic E-state index is 0. The van der Waals surface area contributed by atoms with Crippen molar-refractivity contribution in [3.05, 3.63) is 34.9 Å². The van der Waals surface area contributed by atoms with Crippen LogP contribution in [0.4, 0.5) is 35.1 Å². The first-order valence-corrected chi connectivity index (χ1v) is 4.76. The van der Waals surface area contributed by atoms with Gasteiger partial charge < -0.3 is 5.73 Å². The molecule has 0 radical (unpaired) electrons. The first-order chi connectivity index (χ1) is 8.44. The Labute approximate surface area is 114 Å². The molecule has 1 rings (SSSR count). The summed E-state index contributed by atoms with van der Waals surface area (Å²) in [6.07, 6.45) is -13.4. The number of halogens is 9. The van der Waals surface area contributed by atoms with E-state index < -0.39 is 41.5 Å². The van der Waals surface area contributed by atoms with E-state index in [1.54, 1.807) is 0 Å². The molecule has 0 unspecified atom stereocenters. The van der Waals surface area contributed by atoms with Gasteiger partial charge in [-0.15, -0.1) is 12.4 Å². The summed E-state index contributed by atoms with van der Waals surface area (Å²) >= 11 is 0. The highest BCUT2D eigenvalue weighted by Gasteiger charge is 2.39. The van der Waals surface area contributed by atoms with E-state index in [9.17, 15) is 35.1 Å². The molecule has 10 heteroatoms. The summed E-state index contributed by atoms with van der Waals surface area (Å²) in [6.45, 7) is 0. The van der Waals surface area contributed by atoms with Gasteiger partial charge in [0.2, 0.25) is 0 Å². The largest absolute Gasteiger partial charge is 0.416 e. The van der Waals surface area contributed by atoms with Gasteiger partial charge in [0.1, 0.15) is 0 Å². The highest BCUT2D eigenvalue weighted by molar-refractivity contribution is 5.85. The maximum atomic E-state index is 12.5. The lowest BCUT2D eigenvalue weighted by Crippen LogP contribution is -2.24. The van der Waals surface area contributed by atoms with Gasteiger partial charge in [0.15, 0.2) is 0 Å². The van der Waals surface area contributed by atoms with Crippen LogP contribution in [0.15, 0.2) is 18.2 Å². The Hall–Kier alpha value is -1.09. The minimum Gasteiger partial charge on any atom is -0.319 e. The standard InChI is InChI=1S/C10H7F8N.ClH/c11-8(12)7(19)5-3-4(9(13,14)15)1-2-6(5)10(16,17)18;/h1-3,7-8H,19H2;1H/t7-;/m0./s1. The molecule has 0 aromatic heterocycles. The molecule has 0 saturated carbocycles. The van der Waals surface area contributed by atoms with Crippen molar-refractivity contribution in [3.8, 4) is 0 Å². The summed E-state index contributed by atoms with van der Waals surface area (Å²) < 4.78 is 99.3. The van der Waals surface area contributed by atoms with Crippen molar-refractivity contribution < 1.29 is 35.1 Å². The van der Waals surface area contributed by atoms with E-state index in [4.69, 9.17) is 5.73 Å². The van der Waals surface area contributed by atoms with Crippen LogP contribution in [-0.2, 0) is 12.4 Å². The second kappa shape index (κ2) is 6.13. The zero-order chi connectivity index (χ0) is 15.0. The van der Waals surface area contributed by atoms with E-state index in [-0.39, 0.29) is 30.6 Å². The SMILES string of the molecule is Cl.N[C@@H](c1cc(C(F)(F)F)ccc1C(F)(F)F)C(F)F. The summed E-state index contributed by atoms with van der Waals surface area (Å²) in [5.74, 6) is 0. The second-order valence-electron chi connectivity index (χ2n) is 3.66. The maximum Gasteiger partial charge on any atom is 0.416 e. The molecule has 0 aliphatic heterocycles. The van der Waals surface area contributed by atoms with E-state index in [2.05, 4.69) is 0 Å². The lowest BCUT2D eigenvalue weighted by Gasteiger charge is -2.19.